The third-order valence-corrected chi connectivity index (χ3v) is 7.79. The number of unbranched alkanes of at least 4 members (excludes halogenated alkanes) is 1. The molecule has 1 N–H and O–H groups in total. The number of likely N-dealkylation sites (tertiary alicyclic amines) is 1. The van der Waals surface area contributed by atoms with Crippen LogP contribution < -0.4 is 10.2 Å². The minimum atomic E-state index is 0.182. The number of hydrogen-bond acceptors (Lipinski definition) is 4. The highest BCUT2D eigenvalue weighted by molar-refractivity contribution is 6.31. The number of rotatable bonds is 5. The second kappa shape index (κ2) is 8.96. The smallest absolute Gasteiger partial charge is 0.117 e. The van der Waals surface area contributed by atoms with Crippen molar-refractivity contribution in [1.82, 2.24) is 10.2 Å². The van der Waals surface area contributed by atoms with Crippen molar-refractivity contribution in [3.63, 3.8) is 0 Å². The van der Waals surface area contributed by atoms with Gasteiger partial charge in [-0.25, -0.2) is 0 Å². The third kappa shape index (κ3) is 3.76. The van der Waals surface area contributed by atoms with Crippen LogP contribution in [0.1, 0.15) is 57.4 Å². The molecular weight excluding hydrogens is 416 g/mol. The zero-order valence-electron chi connectivity index (χ0n) is 19.3. The fraction of sp³-hybridized carbons (Fsp3) is 0.519. The van der Waals surface area contributed by atoms with Crippen molar-refractivity contribution in [3.8, 4) is 6.07 Å². The van der Waals surface area contributed by atoms with Crippen LogP contribution in [0.4, 0.5) is 5.69 Å². The van der Waals surface area contributed by atoms with Gasteiger partial charge in [0.2, 0.25) is 0 Å². The van der Waals surface area contributed by atoms with Gasteiger partial charge in [-0.3, -0.25) is 4.90 Å². The minimum Gasteiger partial charge on any atom is -0.357 e. The van der Waals surface area contributed by atoms with Gasteiger partial charge < -0.3 is 10.2 Å². The Kier molecular flexibility index (Phi) is 6.05. The van der Waals surface area contributed by atoms with Gasteiger partial charge in [-0.1, -0.05) is 37.1 Å². The van der Waals surface area contributed by atoms with E-state index in [4.69, 9.17) is 11.6 Å². The zero-order valence-corrected chi connectivity index (χ0v) is 20.0. The molecule has 168 valence electrons. The number of allylic oxidation sites excluding steroid dienone is 3. The van der Waals surface area contributed by atoms with E-state index < -0.39 is 0 Å². The average molecular weight is 449 g/mol. The predicted octanol–water partition coefficient (Wildman–Crippen LogP) is 6.05. The van der Waals surface area contributed by atoms with E-state index in [2.05, 4.69) is 53.2 Å². The van der Waals surface area contributed by atoms with Crippen molar-refractivity contribution in [2.75, 3.05) is 24.5 Å². The maximum Gasteiger partial charge on any atom is 0.117 e. The average Bonchev–Trinajstić information content (AvgIpc) is 3.54. The van der Waals surface area contributed by atoms with Crippen LogP contribution in [0.2, 0.25) is 5.02 Å². The molecule has 2 saturated heterocycles. The fourth-order valence-corrected chi connectivity index (χ4v) is 5.75. The number of nitrogens with one attached hydrogen (secondary N) is 1. The van der Waals surface area contributed by atoms with E-state index in [1.807, 2.05) is 6.07 Å². The fourth-order valence-electron chi connectivity index (χ4n) is 5.58. The lowest BCUT2D eigenvalue weighted by atomic mass is 9.89. The maximum atomic E-state index is 9.45. The summed E-state index contributed by atoms with van der Waals surface area (Å²) in [6.07, 6.45) is 10.1. The Morgan fingerprint density at radius 2 is 1.97 bits per heavy atom. The molecule has 1 aromatic carbocycles. The van der Waals surface area contributed by atoms with Crippen molar-refractivity contribution in [2.45, 2.75) is 64.8 Å². The highest BCUT2D eigenvalue weighted by atomic mass is 35.5. The Hall–Kier alpha value is -2.22. The Morgan fingerprint density at radius 1 is 1.22 bits per heavy atom. The van der Waals surface area contributed by atoms with Crippen LogP contribution in [0.15, 0.2) is 52.5 Å². The van der Waals surface area contributed by atoms with Crippen molar-refractivity contribution >= 4 is 17.3 Å². The standard InChI is InChI=1S/C27H33ClN4/c1-3-4-10-25-26(23-17-30-23)20-7-5-8-21(20)27(31-14-12-19(16-29)13-15-31)32(25)24-11-6-9-22(28)18(24)2/h6,9-11,19,23,30H,3-5,7-8,12-15,17H2,1-2H3/b25-10+. The van der Waals surface area contributed by atoms with Crippen LogP contribution in [-0.2, 0) is 0 Å². The number of fused-ring (bicyclic) bond motifs is 1. The summed E-state index contributed by atoms with van der Waals surface area (Å²) in [5, 5.41) is 13.9. The van der Waals surface area contributed by atoms with Gasteiger partial charge >= 0.3 is 0 Å². The van der Waals surface area contributed by atoms with Crippen LogP contribution >= 0.6 is 11.6 Å². The maximum absolute atomic E-state index is 9.45. The first kappa shape index (κ1) is 21.6. The summed E-state index contributed by atoms with van der Waals surface area (Å²) in [7, 11) is 0. The summed E-state index contributed by atoms with van der Waals surface area (Å²) in [6, 6.07) is 9.26. The molecule has 5 heteroatoms. The lowest BCUT2D eigenvalue weighted by Crippen LogP contribution is -2.43. The molecule has 1 saturated carbocycles. The van der Waals surface area contributed by atoms with Crippen LogP contribution in [0.3, 0.4) is 0 Å². The number of hydrogen-bond donors (Lipinski definition) is 1. The van der Waals surface area contributed by atoms with E-state index in [-0.39, 0.29) is 5.92 Å². The molecule has 1 atom stereocenters. The first-order chi connectivity index (χ1) is 15.6. The quantitative estimate of drug-likeness (QED) is 0.557. The molecule has 32 heavy (non-hydrogen) atoms. The molecule has 3 heterocycles. The molecule has 1 aromatic rings. The van der Waals surface area contributed by atoms with Gasteiger partial charge in [0.15, 0.2) is 0 Å². The molecule has 0 bridgehead atoms. The first-order valence-electron chi connectivity index (χ1n) is 12.2. The number of nitrogens with zero attached hydrogens (tertiary/aromatic N) is 3. The lowest BCUT2D eigenvalue weighted by molar-refractivity contribution is 0.248. The molecule has 3 aliphatic heterocycles. The normalized spacial score (nSPS) is 24.9. The Labute approximate surface area is 197 Å². The van der Waals surface area contributed by atoms with Crippen molar-refractivity contribution in [2.24, 2.45) is 5.92 Å². The second-order valence-electron chi connectivity index (χ2n) is 9.50. The first-order valence-corrected chi connectivity index (χ1v) is 12.6. The summed E-state index contributed by atoms with van der Waals surface area (Å²) in [5.74, 6) is 1.53. The molecule has 0 aromatic heterocycles. The number of piperidine rings is 1. The molecule has 4 aliphatic rings. The summed E-state index contributed by atoms with van der Waals surface area (Å²) in [6.45, 7) is 7.35. The zero-order chi connectivity index (χ0) is 22.2. The van der Waals surface area contributed by atoms with E-state index in [9.17, 15) is 5.26 Å². The summed E-state index contributed by atoms with van der Waals surface area (Å²) in [4.78, 5) is 5.09. The summed E-state index contributed by atoms with van der Waals surface area (Å²) in [5.41, 5.74) is 8.29. The monoisotopic (exact) mass is 448 g/mol. The van der Waals surface area contributed by atoms with Crippen LogP contribution in [0.5, 0.6) is 0 Å². The molecule has 4 nitrogen and oxygen atoms in total. The molecule has 1 aliphatic carbocycles. The van der Waals surface area contributed by atoms with E-state index in [1.165, 1.54) is 41.2 Å². The molecular formula is C27H33ClN4. The van der Waals surface area contributed by atoms with Gasteiger partial charge in [-0.2, -0.15) is 5.26 Å². The van der Waals surface area contributed by atoms with Gasteiger partial charge in [-0.05, 0) is 79.9 Å². The molecule has 5 rings (SSSR count). The largest absolute Gasteiger partial charge is 0.357 e. The van der Waals surface area contributed by atoms with Crippen molar-refractivity contribution in [1.29, 1.82) is 5.26 Å². The van der Waals surface area contributed by atoms with E-state index >= 15 is 0 Å². The number of benzene rings is 1. The Balaban J connectivity index is 1.70. The molecule has 3 fully saturated rings. The Bertz CT molecular complexity index is 1030. The van der Waals surface area contributed by atoms with Gasteiger partial charge in [-0.15, -0.1) is 0 Å². The highest BCUT2D eigenvalue weighted by Gasteiger charge is 2.42. The molecule has 1 unspecified atom stereocenters. The van der Waals surface area contributed by atoms with Gasteiger partial charge in [0.25, 0.3) is 0 Å². The van der Waals surface area contributed by atoms with Crippen molar-refractivity contribution < 1.29 is 0 Å². The van der Waals surface area contributed by atoms with E-state index in [0.717, 1.165) is 62.3 Å². The molecule has 0 spiro atoms. The highest BCUT2D eigenvalue weighted by Crippen LogP contribution is 2.49. The number of anilines is 1. The predicted molar refractivity (Wildman–Crippen MR) is 131 cm³/mol. The topological polar surface area (TPSA) is 52.2 Å². The van der Waals surface area contributed by atoms with Gasteiger partial charge in [0, 0.05) is 42.3 Å². The molecule has 0 amide bonds. The van der Waals surface area contributed by atoms with E-state index in [0.29, 0.717) is 6.04 Å². The van der Waals surface area contributed by atoms with Crippen LogP contribution in [0, 0.1) is 24.2 Å². The third-order valence-electron chi connectivity index (χ3n) is 7.38. The minimum absolute atomic E-state index is 0.182. The van der Waals surface area contributed by atoms with Crippen LogP contribution in [0.25, 0.3) is 0 Å². The lowest BCUT2D eigenvalue weighted by Gasteiger charge is -2.45. The van der Waals surface area contributed by atoms with E-state index in [1.54, 1.807) is 5.57 Å². The van der Waals surface area contributed by atoms with Crippen LogP contribution in [-0.4, -0.2) is 30.6 Å². The SMILES string of the molecule is CCC/C=C1\C(C2CN2)=C2CCCC2=C(N2CCC(C#N)CC2)N1c1cccc(Cl)c1C. The number of nitriles is 1. The molecule has 0 radical (unpaired) electrons. The van der Waals surface area contributed by atoms with Crippen molar-refractivity contribution in [3.05, 3.63) is 63.1 Å². The summed E-state index contributed by atoms with van der Waals surface area (Å²) < 4.78 is 0. The van der Waals surface area contributed by atoms with Gasteiger partial charge in [0.05, 0.1) is 11.8 Å². The number of halogens is 1. The second-order valence-corrected chi connectivity index (χ2v) is 9.90. The van der Waals surface area contributed by atoms with Gasteiger partial charge in [0.1, 0.15) is 5.82 Å². The Morgan fingerprint density at radius 3 is 2.66 bits per heavy atom. The summed E-state index contributed by atoms with van der Waals surface area (Å²) >= 11 is 6.64.